The van der Waals surface area contributed by atoms with E-state index in [0.717, 1.165) is 0 Å². The molecule has 1 atom stereocenters. The van der Waals surface area contributed by atoms with Crippen LogP contribution >= 0.6 is 0 Å². The third-order valence-corrected chi connectivity index (χ3v) is 3.45. The van der Waals surface area contributed by atoms with E-state index in [1.807, 2.05) is 18.2 Å². The maximum Gasteiger partial charge on any atom is 0.296 e. The predicted octanol–water partition coefficient (Wildman–Crippen LogP) is 3.42. The summed E-state index contributed by atoms with van der Waals surface area (Å²) in [7, 11) is 0. The third kappa shape index (κ3) is 3.43. The van der Waals surface area contributed by atoms with Gasteiger partial charge in [0.25, 0.3) is 6.01 Å². The molecule has 1 heterocycles. The van der Waals surface area contributed by atoms with Crippen molar-refractivity contribution < 1.29 is 13.6 Å². The first kappa shape index (κ1) is 15.7. The molecule has 5 nitrogen and oxygen atoms in total. The van der Waals surface area contributed by atoms with Crippen LogP contribution < -0.4 is 10.6 Å². The molecular weight excluding hydrogens is 309 g/mol. The van der Waals surface area contributed by atoms with Crippen LogP contribution in [0.1, 0.15) is 11.6 Å². The van der Waals surface area contributed by atoms with Crippen LogP contribution in [-0.2, 0) is 4.79 Å². The normalized spacial score (nSPS) is 11.9. The zero-order valence-corrected chi connectivity index (χ0v) is 12.8. The smallest absolute Gasteiger partial charge is 0.296 e. The number of benzene rings is 2. The molecule has 0 radical (unpaired) electrons. The highest BCUT2D eigenvalue weighted by molar-refractivity contribution is 5.86. The topological polar surface area (TPSA) is 67.2 Å². The van der Waals surface area contributed by atoms with E-state index in [-0.39, 0.29) is 17.7 Å². The van der Waals surface area contributed by atoms with E-state index in [1.165, 1.54) is 12.1 Å². The van der Waals surface area contributed by atoms with Crippen LogP contribution in [0.4, 0.5) is 10.4 Å². The lowest BCUT2D eigenvalue weighted by Crippen LogP contribution is -2.33. The van der Waals surface area contributed by atoms with Gasteiger partial charge in [-0.15, -0.1) is 6.58 Å². The Bertz CT molecular complexity index is 825. The number of para-hydroxylation sites is 2. The van der Waals surface area contributed by atoms with Crippen LogP contribution in [0.2, 0.25) is 0 Å². The van der Waals surface area contributed by atoms with Crippen LogP contribution in [0.25, 0.3) is 11.1 Å². The summed E-state index contributed by atoms with van der Waals surface area (Å²) in [5, 5.41) is 5.68. The standard InChI is InChI=1S/C18H16FN3O2/c1-2-11-20-17(23)16(12-7-9-13(19)10-8-12)22-18-21-14-5-3-4-6-15(14)24-18/h2-10,16H,1,11H2,(H,20,23)(H,21,22). The molecule has 122 valence electrons. The Morgan fingerprint density at radius 2 is 2.00 bits per heavy atom. The van der Waals surface area contributed by atoms with Gasteiger partial charge in [-0.05, 0) is 29.8 Å². The summed E-state index contributed by atoms with van der Waals surface area (Å²) in [4.78, 5) is 16.7. The number of anilines is 1. The summed E-state index contributed by atoms with van der Waals surface area (Å²) in [6.07, 6.45) is 1.58. The van der Waals surface area contributed by atoms with Crippen LogP contribution in [0.3, 0.4) is 0 Å². The van der Waals surface area contributed by atoms with E-state index in [2.05, 4.69) is 22.2 Å². The number of nitrogens with zero attached hydrogens (tertiary/aromatic N) is 1. The van der Waals surface area contributed by atoms with E-state index in [4.69, 9.17) is 4.42 Å². The average Bonchev–Trinajstić information content (AvgIpc) is 3.01. The van der Waals surface area contributed by atoms with Crippen molar-refractivity contribution in [1.82, 2.24) is 10.3 Å². The molecule has 0 fully saturated rings. The van der Waals surface area contributed by atoms with Gasteiger partial charge in [0.15, 0.2) is 5.58 Å². The number of fused-ring (bicyclic) bond motifs is 1. The Kier molecular flexibility index (Phi) is 4.56. The Morgan fingerprint density at radius 1 is 1.25 bits per heavy atom. The molecule has 1 amide bonds. The van der Waals surface area contributed by atoms with E-state index in [0.29, 0.717) is 23.2 Å². The van der Waals surface area contributed by atoms with Crippen molar-refractivity contribution in [2.45, 2.75) is 6.04 Å². The molecule has 1 aromatic heterocycles. The van der Waals surface area contributed by atoms with Gasteiger partial charge < -0.3 is 15.1 Å². The van der Waals surface area contributed by atoms with E-state index in [1.54, 1.807) is 24.3 Å². The van der Waals surface area contributed by atoms with E-state index >= 15 is 0 Å². The monoisotopic (exact) mass is 325 g/mol. The molecule has 1 unspecified atom stereocenters. The molecule has 0 bridgehead atoms. The number of carbonyl (C=O) groups is 1. The molecule has 0 saturated carbocycles. The van der Waals surface area contributed by atoms with Gasteiger partial charge in [0.05, 0.1) is 0 Å². The maximum atomic E-state index is 13.2. The van der Waals surface area contributed by atoms with Gasteiger partial charge in [0.1, 0.15) is 17.4 Å². The van der Waals surface area contributed by atoms with E-state index in [9.17, 15) is 9.18 Å². The van der Waals surface area contributed by atoms with Crippen molar-refractivity contribution in [3.05, 3.63) is 72.6 Å². The fraction of sp³-hybridized carbons (Fsp3) is 0.111. The van der Waals surface area contributed by atoms with Crippen LogP contribution in [0, 0.1) is 5.82 Å². The Morgan fingerprint density at radius 3 is 2.71 bits per heavy atom. The van der Waals surface area contributed by atoms with Crippen molar-refractivity contribution >= 4 is 23.0 Å². The molecular formula is C18H16FN3O2. The van der Waals surface area contributed by atoms with Crippen molar-refractivity contribution in [1.29, 1.82) is 0 Å². The van der Waals surface area contributed by atoms with Gasteiger partial charge in [-0.25, -0.2) is 4.39 Å². The molecule has 0 aliphatic carbocycles. The number of rotatable bonds is 6. The summed E-state index contributed by atoms with van der Waals surface area (Å²) < 4.78 is 18.8. The molecule has 24 heavy (non-hydrogen) atoms. The summed E-state index contributed by atoms with van der Waals surface area (Å²) in [5.74, 6) is -0.658. The third-order valence-electron chi connectivity index (χ3n) is 3.45. The van der Waals surface area contributed by atoms with Gasteiger partial charge in [-0.1, -0.05) is 30.3 Å². The molecule has 2 aromatic carbocycles. The highest BCUT2D eigenvalue weighted by atomic mass is 19.1. The van der Waals surface area contributed by atoms with Gasteiger partial charge in [-0.3, -0.25) is 4.79 Å². The van der Waals surface area contributed by atoms with Crippen molar-refractivity contribution in [2.75, 3.05) is 11.9 Å². The summed E-state index contributed by atoms with van der Waals surface area (Å²) in [5.41, 5.74) is 1.90. The Balaban J connectivity index is 1.89. The number of carbonyl (C=O) groups excluding carboxylic acids is 1. The SMILES string of the molecule is C=CCNC(=O)C(Nc1nc2ccccc2o1)c1ccc(F)cc1. The number of amides is 1. The molecule has 2 N–H and O–H groups in total. The number of hydrogen-bond acceptors (Lipinski definition) is 4. The number of hydrogen-bond donors (Lipinski definition) is 2. The number of oxazole rings is 1. The van der Waals surface area contributed by atoms with Crippen molar-refractivity contribution in [2.24, 2.45) is 0 Å². The Hall–Kier alpha value is -3.15. The first-order valence-corrected chi connectivity index (χ1v) is 7.43. The van der Waals surface area contributed by atoms with Gasteiger partial charge >= 0.3 is 0 Å². The lowest BCUT2D eigenvalue weighted by Gasteiger charge is -2.17. The lowest BCUT2D eigenvalue weighted by molar-refractivity contribution is -0.121. The van der Waals surface area contributed by atoms with Gasteiger partial charge in [0, 0.05) is 6.54 Å². The summed E-state index contributed by atoms with van der Waals surface area (Å²) in [6.45, 7) is 3.90. The fourth-order valence-electron chi connectivity index (χ4n) is 2.29. The summed E-state index contributed by atoms with van der Waals surface area (Å²) >= 11 is 0. The largest absolute Gasteiger partial charge is 0.424 e. The molecule has 3 aromatic rings. The molecule has 6 heteroatoms. The zero-order valence-electron chi connectivity index (χ0n) is 12.8. The molecule has 3 rings (SSSR count). The second kappa shape index (κ2) is 6.95. The molecule has 0 aliphatic heterocycles. The highest BCUT2D eigenvalue weighted by Gasteiger charge is 2.22. The van der Waals surface area contributed by atoms with Gasteiger partial charge in [0.2, 0.25) is 5.91 Å². The first-order valence-electron chi connectivity index (χ1n) is 7.43. The fourth-order valence-corrected chi connectivity index (χ4v) is 2.29. The molecule has 0 spiro atoms. The average molecular weight is 325 g/mol. The summed E-state index contributed by atoms with van der Waals surface area (Å²) in [6, 6.07) is 12.4. The minimum atomic E-state index is -0.765. The number of halogens is 1. The van der Waals surface area contributed by atoms with Gasteiger partial charge in [-0.2, -0.15) is 4.98 Å². The first-order chi connectivity index (χ1) is 11.7. The second-order valence-corrected chi connectivity index (χ2v) is 5.15. The highest BCUT2D eigenvalue weighted by Crippen LogP contribution is 2.23. The quantitative estimate of drug-likeness (QED) is 0.682. The lowest BCUT2D eigenvalue weighted by atomic mass is 10.1. The Labute approximate surface area is 138 Å². The minimum Gasteiger partial charge on any atom is -0.424 e. The number of nitrogens with one attached hydrogen (secondary N) is 2. The minimum absolute atomic E-state index is 0.222. The zero-order chi connectivity index (χ0) is 16.9. The maximum absolute atomic E-state index is 13.2. The second-order valence-electron chi connectivity index (χ2n) is 5.15. The molecule has 0 aliphatic rings. The van der Waals surface area contributed by atoms with E-state index < -0.39 is 6.04 Å². The van der Waals surface area contributed by atoms with Crippen molar-refractivity contribution in [3.63, 3.8) is 0 Å². The predicted molar refractivity (Wildman–Crippen MR) is 90.0 cm³/mol. The van der Waals surface area contributed by atoms with Crippen LogP contribution in [0.15, 0.2) is 65.6 Å². The van der Waals surface area contributed by atoms with Crippen molar-refractivity contribution in [3.8, 4) is 0 Å². The van der Waals surface area contributed by atoms with Crippen LogP contribution in [0.5, 0.6) is 0 Å². The number of aromatic nitrogens is 1. The molecule has 0 saturated heterocycles. The van der Waals surface area contributed by atoms with Crippen LogP contribution in [-0.4, -0.2) is 17.4 Å².